The van der Waals surface area contributed by atoms with Crippen molar-refractivity contribution in [2.75, 3.05) is 19.8 Å². The van der Waals surface area contributed by atoms with Gasteiger partial charge < -0.3 is 120 Å². The maximum absolute atomic E-state index is 13.0. The minimum absolute atomic E-state index is 0.632. The van der Waals surface area contributed by atoms with E-state index >= 15 is 0 Å². The summed E-state index contributed by atoms with van der Waals surface area (Å²) in [6, 6.07) is -7.73. The van der Waals surface area contributed by atoms with Crippen LogP contribution in [0.2, 0.25) is 0 Å². The summed E-state index contributed by atoms with van der Waals surface area (Å²) in [6.07, 6.45) is -33.0. The van der Waals surface area contributed by atoms with Crippen LogP contribution in [0.5, 0.6) is 0 Å². The van der Waals surface area contributed by atoms with Crippen molar-refractivity contribution in [2.45, 2.75) is 202 Å². The number of aliphatic hydroxyl groups excluding tert-OH is 10. The fourth-order valence-corrected chi connectivity index (χ4v) is 8.98. The Bertz CT molecular complexity index is 1760. The van der Waals surface area contributed by atoms with Crippen LogP contribution in [0.15, 0.2) is 0 Å². The number of carbonyl (C=O) groups excluding carboxylic acids is 5. The summed E-state index contributed by atoms with van der Waals surface area (Å²) in [5, 5.41) is 121. The zero-order chi connectivity index (χ0) is 51.3. The van der Waals surface area contributed by atoms with E-state index in [1.54, 1.807) is 0 Å². The van der Waals surface area contributed by atoms with E-state index in [2.05, 4.69) is 26.6 Å². The highest BCUT2D eigenvalue weighted by molar-refractivity contribution is 5.75. The maximum Gasteiger partial charge on any atom is 0.217 e. The predicted molar refractivity (Wildman–Crippen MR) is 222 cm³/mol. The van der Waals surface area contributed by atoms with Crippen LogP contribution >= 0.6 is 0 Å². The van der Waals surface area contributed by atoms with Gasteiger partial charge in [-0.05, 0) is 13.8 Å². The lowest BCUT2D eigenvalue weighted by atomic mass is 9.93. The van der Waals surface area contributed by atoms with E-state index < -0.39 is 203 Å². The molecule has 5 aliphatic heterocycles. The molecule has 5 heterocycles. The Balaban J connectivity index is 1.52. The van der Waals surface area contributed by atoms with Gasteiger partial charge in [0.2, 0.25) is 29.5 Å². The topological polar surface area (TPSA) is 431 Å². The molecule has 0 aliphatic carbocycles. The van der Waals surface area contributed by atoms with Crippen molar-refractivity contribution in [1.82, 2.24) is 26.6 Å². The first kappa shape index (κ1) is 56.5. The van der Waals surface area contributed by atoms with Crippen LogP contribution in [0.25, 0.3) is 0 Å². The Kier molecular flexibility index (Phi) is 19.9. The van der Waals surface area contributed by atoms with Crippen molar-refractivity contribution in [2.24, 2.45) is 0 Å². The number of amides is 5. The van der Waals surface area contributed by atoms with Gasteiger partial charge in [-0.3, -0.25) is 24.0 Å². The zero-order valence-electron chi connectivity index (χ0n) is 38.7. The van der Waals surface area contributed by atoms with Gasteiger partial charge in [0.25, 0.3) is 0 Å². The smallest absolute Gasteiger partial charge is 0.217 e. The van der Waals surface area contributed by atoms with E-state index in [4.69, 9.17) is 42.6 Å². The van der Waals surface area contributed by atoms with Crippen LogP contribution in [0.4, 0.5) is 0 Å². The van der Waals surface area contributed by atoms with Crippen molar-refractivity contribution in [3.8, 4) is 0 Å². The van der Waals surface area contributed by atoms with E-state index in [0.717, 1.165) is 34.6 Å². The van der Waals surface area contributed by atoms with E-state index in [1.807, 2.05) is 0 Å². The highest BCUT2D eigenvalue weighted by Gasteiger charge is 2.58. The summed E-state index contributed by atoms with van der Waals surface area (Å²) in [5.41, 5.74) is 0. The van der Waals surface area contributed by atoms with Gasteiger partial charge in [-0.15, -0.1) is 0 Å². The number of hydrogen-bond donors (Lipinski definition) is 15. The first-order valence-electron chi connectivity index (χ1n) is 22.3. The lowest BCUT2D eigenvalue weighted by Crippen LogP contribution is -2.72. The quantitative estimate of drug-likeness (QED) is 0.0643. The second-order valence-electron chi connectivity index (χ2n) is 17.6. The van der Waals surface area contributed by atoms with E-state index in [1.165, 1.54) is 13.8 Å². The molecule has 5 fully saturated rings. The van der Waals surface area contributed by atoms with E-state index in [-0.39, 0.29) is 0 Å². The average molecular weight is 1000 g/mol. The molecule has 69 heavy (non-hydrogen) atoms. The van der Waals surface area contributed by atoms with Crippen molar-refractivity contribution >= 4 is 29.5 Å². The third-order valence-corrected chi connectivity index (χ3v) is 12.2. The average Bonchev–Trinajstić information content (AvgIpc) is 3.56. The largest absolute Gasteiger partial charge is 0.394 e. The Morgan fingerprint density at radius 1 is 0.449 bits per heavy atom. The molecule has 5 rings (SSSR count). The summed E-state index contributed by atoms with van der Waals surface area (Å²) < 4.78 is 54.2. The standard InChI is InChI=1S/C40H67N5O24/c1-11(49)31-35(22(36(60)65-31)42-14(4)51)69-40-25(45-17(7)54)34(29(58)20(10-48)64-40)68-39-24(44-16(6)53)33(28(57)19(9-47)63-39)67-38-23(43-15(5)52)32(26(55)12(2)61-38)66-37-21(41-13(3)50)30(59)27(56)18(8-46)62-37/h11-12,18-40,46-49,55-60H,8-10H2,1-7H3,(H,41,50)(H,42,51)(H,43,52)(H,44,53)(H,45,54)/t11-,12-,18+,19+,20+,21+,22-,23-,24+,25+,26+,27-,28+,29-,30+,31+,32-,33+,34+,35-,36-,37+,38-,39-,40+/m0/s1. The Labute approximate surface area is 394 Å². The van der Waals surface area contributed by atoms with Crippen LogP contribution < -0.4 is 26.6 Å². The Hall–Kier alpha value is -3.41. The second kappa shape index (κ2) is 24.3. The number of rotatable bonds is 17. The molecule has 0 aromatic rings. The van der Waals surface area contributed by atoms with Crippen molar-refractivity contribution in [3.05, 3.63) is 0 Å². The van der Waals surface area contributed by atoms with Gasteiger partial charge in [-0.25, -0.2) is 0 Å². The second-order valence-corrected chi connectivity index (χ2v) is 17.6. The van der Waals surface area contributed by atoms with Crippen LogP contribution in [0.1, 0.15) is 48.5 Å². The molecule has 5 aliphatic rings. The predicted octanol–water partition coefficient (Wildman–Crippen LogP) is -9.15. The highest BCUT2D eigenvalue weighted by atomic mass is 16.8. The number of nitrogens with one attached hydrogen (secondary N) is 5. The first-order chi connectivity index (χ1) is 32.4. The first-order valence-corrected chi connectivity index (χ1v) is 22.3. The molecule has 25 atom stereocenters. The number of aliphatic hydroxyl groups is 10. The number of carbonyl (C=O) groups is 5. The minimum atomic E-state index is -1.90. The number of ether oxygens (including phenoxy) is 9. The summed E-state index contributed by atoms with van der Waals surface area (Å²) >= 11 is 0. The van der Waals surface area contributed by atoms with Gasteiger partial charge in [-0.1, -0.05) is 0 Å². The van der Waals surface area contributed by atoms with Gasteiger partial charge in [0, 0.05) is 34.6 Å². The molecule has 5 saturated heterocycles. The molecule has 0 aromatic carbocycles. The third-order valence-electron chi connectivity index (χ3n) is 12.2. The highest BCUT2D eigenvalue weighted by Crippen LogP contribution is 2.36. The van der Waals surface area contributed by atoms with Gasteiger partial charge in [0.1, 0.15) is 110 Å². The van der Waals surface area contributed by atoms with E-state index in [0.29, 0.717) is 0 Å². The van der Waals surface area contributed by atoms with Gasteiger partial charge in [0.05, 0.1) is 32.0 Å². The molecule has 0 aromatic heterocycles. The molecule has 29 heteroatoms. The molecule has 15 N–H and O–H groups in total. The molecular formula is C40H67N5O24. The SMILES string of the molecule is CC(=O)N[C@@H]1[C@H](O[C@H]2[C@H](O)[C@@H](CO)O[C@@H](O[C@H]3[C@@H](O)[C@@H](CO)O[C@H](O[C@H]4[C@H](NC(C)=O)[C@@H](O)O[C@@H]4[C@H](C)O)[C@@H]3NC(C)=O)[C@@H]2NC(C)=O)O[C@@H](C)[C@@H](O)[C@H]1O[C@H]1O[C@H](CO)[C@H](O)[C@H](O)[C@H]1NC(C)=O. The maximum atomic E-state index is 13.0. The van der Waals surface area contributed by atoms with Crippen molar-refractivity contribution in [3.63, 3.8) is 0 Å². The van der Waals surface area contributed by atoms with Crippen LogP contribution in [-0.4, -0.2) is 254 Å². The summed E-state index contributed by atoms with van der Waals surface area (Å²) in [5.74, 6) is -3.64. The molecule has 0 unspecified atom stereocenters. The lowest BCUT2D eigenvalue weighted by molar-refractivity contribution is -0.357. The lowest BCUT2D eigenvalue weighted by Gasteiger charge is -2.51. The van der Waals surface area contributed by atoms with Crippen LogP contribution in [0.3, 0.4) is 0 Å². The third kappa shape index (κ3) is 13.2. The normalized spacial score (nSPS) is 44.1. The molecule has 0 bridgehead atoms. The Morgan fingerprint density at radius 3 is 1.14 bits per heavy atom. The van der Waals surface area contributed by atoms with Crippen LogP contribution in [0, 0.1) is 0 Å². The molecule has 396 valence electrons. The minimum Gasteiger partial charge on any atom is -0.394 e. The summed E-state index contributed by atoms with van der Waals surface area (Å²) in [4.78, 5) is 62.9. The zero-order valence-corrected chi connectivity index (χ0v) is 38.7. The molecule has 0 radical (unpaired) electrons. The number of hydrogen-bond acceptors (Lipinski definition) is 24. The van der Waals surface area contributed by atoms with Crippen LogP contribution in [-0.2, 0) is 66.6 Å². The molecule has 5 amide bonds. The van der Waals surface area contributed by atoms with Gasteiger partial charge in [-0.2, -0.15) is 0 Å². The molecule has 29 nitrogen and oxygen atoms in total. The molecular weight excluding hydrogens is 934 g/mol. The van der Waals surface area contributed by atoms with Gasteiger partial charge >= 0.3 is 0 Å². The molecule has 0 spiro atoms. The summed E-state index contributed by atoms with van der Waals surface area (Å²) in [7, 11) is 0. The fourth-order valence-electron chi connectivity index (χ4n) is 8.98. The van der Waals surface area contributed by atoms with E-state index in [9.17, 15) is 75.0 Å². The van der Waals surface area contributed by atoms with Gasteiger partial charge in [0.15, 0.2) is 31.5 Å². The van der Waals surface area contributed by atoms with Crippen molar-refractivity contribution < 1.29 is 118 Å². The molecule has 0 saturated carbocycles. The fraction of sp³-hybridized carbons (Fsp3) is 0.875. The Morgan fingerprint density at radius 2 is 0.768 bits per heavy atom. The monoisotopic (exact) mass is 1000 g/mol. The van der Waals surface area contributed by atoms with Crippen molar-refractivity contribution in [1.29, 1.82) is 0 Å². The summed E-state index contributed by atoms with van der Waals surface area (Å²) in [6.45, 7) is 5.45.